The summed E-state index contributed by atoms with van der Waals surface area (Å²) in [7, 11) is 1.50. The number of piperidine rings is 1. The molecule has 1 aromatic heterocycles. The Hall–Kier alpha value is -3.26. The van der Waals surface area contributed by atoms with Crippen LogP contribution in [0.25, 0.3) is 0 Å². The predicted molar refractivity (Wildman–Crippen MR) is 116 cm³/mol. The van der Waals surface area contributed by atoms with Gasteiger partial charge in [-0.3, -0.25) is 19.4 Å². The van der Waals surface area contributed by atoms with Crippen molar-refractivity contribution in [1.29, 1.82) is 0 Å². The Labute approximate surface area is 182 Å². The molecule has 3 amide bonds. The van der Waals surface area contributed by atoms with E-state index in [-0.39, 0.29) is 30.4 Å². The summed E-state index contributed by atoms with van der Waals surface area (Å²) in [5.74, 6) is -0.416. The van der Waals surface area contributed by atoms with Crippen molar-refractivity contribution in [2.45, 2.75) is 32.4 Å². The molecule has 0 bridgehead atoms. The number of nitrogens with one attached hydrogen (secondary N) is 1. The summed E-state index contributed by atoms with van der Waals surface area (Å²) in [4.78, 5) is 44.9. The highest BCUT2D eigenvalue weighted by Gasteiger charge is 2.31. The van der Waals surface area contributed by atoms with Crippen LogP contribution in [0.5, 0.6) is 0 Å². The van der Waals surface area contributed by atoms with E-state index in [0.717, 1.165) is 18.4 Å². The first-order valence-corrected chi connectivity index (χ1v) is 10.3. The molecule has 8 heteroatoms. The van der Waals surface area contributed by atoms with Crippen molar-refractivity contribution in [3.8, 4) is 0 Å². The van der Waals surface area contributed by atoms with Gasteiger partial charge >= 0.3 is 0 Å². The minimum absolute atomic E-state index is 0.0104. The number of pyridine rings is 1. The Morgan fingerprint density at radius 1 is 1.26 bits per heavy atom. The van der Waals surface area contributed by atoms with Crippen molar-refractivity contribution in [1.82, 2.24) is 14.8 Å². The third-order valence-electron chi connectivity index (χ3n) is 5.22. The number of rotatable bonds is 7. The van der Waals surface area contributed by atoms with Crippen LogP contribution in [-0.2, 0) is 20.9 Å². The van der Waals surface area contributed by atoms with Crippen molar-refractivity contribution in [3.05, 3.63) is 59.9 Å². The van der Waals surface area contributed by atoms with Crippen molar-refractivity contribution >= 4 is 23.4 Å². The molecule has 3 rings (SSSR count). The van der Waals surface area contributed by atoms with E-state index < -0.39 is 0 Å². The van der Waals surface area contributed by atoms with Gasteiger partial charge in [0, 0.05) is 63.4 Å². The van der Waals surface area contributed by atoms with E-state index in [0.29, 0.717) is 30.9 Å². The molecule has 31 heavy (non-hydrogen) atoms. The summed E-state index contributed by atoms with van der Waals surface area (Å²) in [6.45, 7) is 2.90. The average Bonchev–Trinajstić information content (AvgIpc) is 2.77. The highest BCUT2D eigenvalue weighted by atomic mass is 16.5. The van der Waals surface area contributed by atoms with Gasteiger partial charge in [-0.1, -0.05) is 12.1 Å². The third kappa shape index (κ3) is 6.11. The molecule has 1 fully saturated rings. The number of hydrogen-bond donors (Lipinski definition) is 1. The number of anilines is 1. The summed E-state index contributed by atoms with van der Waals surface area (Å²) < 4.78 is 5.08. The SMILES string of the molecule is COCC(=O)N(Cc1cccnc1)C1CCCN(C(=O)c2cccc(NC(C)=O)c2)C1. The molecule has 1 aliphatic heterocycles. The second-order valence-corrected chi connectivity index (χ2v) is 7.63. The minimum Gasteiger partial charge on any atom is -0.375 e. The van der Waals surface area contributed by atoms with Gasteiger partial charge in [0.25, 0.3) is 5.91 Å². The number of likely N-dealkylation sites (tertiary alicyclic amines) is 1. The molecule has 0 spiro atoms. The van der Waals surface area contributed by atoms with Crippen LogP contribution in [0.1, 0.15) is 35.7 Å². The number of hydrogen-bond acceptors (Lipinski definition) is 5. The Bertz CT molecular complexity index is 919. The Balaban J connectivity index is 1.75. The zero-order valence-corrected chi connectivity index (χ0v) is 17.9. The van der Waals surface area contributed by atoms with Crippen LogP contribution in [0.3, 0.4) is 0 Å². The van der Waals surface area contributed by atoms with Gasteiger partial charge in [0.15, 0.2) is 0 Å². The van der Waals surface area contributed by atoms with E-state index in [9.17, 15) is 14.4 Å². The topological polar surface area (TPSA) is 91.8 Å². The summed E-state index contributed by atoms with van der Waals surface area (Å²) in [5.41, 5.74) is 2.02. The lowest BCUT2D eigenvalue weighted by atomic mass is 10.0. The van der Waals surface area contributed by atoms with Crippen LogP contribution in [-0.4, -0.2) is 65.4 Å². The zero-order valence-electron chi connectivity index (χ0n) is 17.9. The fourth-order valence-corrected chi connectivity index (χ4v) is 3.83. The van der Waals surface area contributed by atoms with Gasteiger partial charge in [0.05, 0.1) is 0 Å². The molecule has 8 nitrogen and oxygen atoms in total. The van der Waals surface area contributed by atoms with E-state index in [2.05, 4.69) is 10.3 Å². The molecule has 2 heterocycles. The van der Waals surface area contributed by atoms with Crippen LogP contribution in [0.4, 0.5) is 5.69 Å². The maximum Gasteiger partial charge on any atom is 0.253 e. The molecule has 1 saturated heterocycles. The second kappa shape index (κ2) is 10.7. The van der Waals surface area contributed by atoms with Crippen molar-refractivity contribution < 1.29 is 19.1 Å². The van der Waals surface area contributed by atoms with E-state index in [1.807, 2.05) is 12.1 Å². The number of ether oxygens (including phenoxy) is 1. The maximum absolute atomic E-state index is 13.1. The van der Waals surface area contributed by atoms with E-state index in [1.165, 1.54) is 14.0 Å². The summed E-state index contributed by atoms with van der Waals surface area (Å²) in [6.07, 6.45) is 5.05. The monoisotopic (exact) mass is 424 g/mol. The molecular weight excluding hydrogens is 396 g/mol. The number of methoxy groups -OCH3 is 1. The van der Waals surface area contributed by atoms with Crippen LogP contribution in [0.2, 0.25) is 0 Å². The first-order valence-electron chi connectivity index (χ1n) is 10.3. The Kier molecular flexibility index (Phi) is 7.72. The first-order chi connectivity index (χ1) is 15.0. The largest absolute Gasteiger partial charge is 0.375 e. The van der Waals surface area contributed by atoms with E-state index >= 15 is 0 Å². The predicted octanol–water partition coefficient (Wildman–Crippen LogP) is 2.32. The number of nitrogens with zero attached hydrogens (tertiary/aromatic N) is 3. The lowest BCUT2D eigenvalue weighted by Gasteiger charge is -2.39. The van der Waals surface area contributed by atoms with Gasteiger partial charge in [-0.25, -0.2) is 0 Å². The Morgan fingerprint density at radius 2 is 2.10 bits per heavy atom. The smallest absolute Gasteiger partial charge is 0.253 e. The van der Waals surface area contributed by atoms with Crippen molar-refractivity contribution in [2.75, 3.05) is 32.1 Å². The van der Waals surface area contributed by atoms with E-state index in [4.69, 9.17) is 4.74 Å². The lowest BCUT2D eigenvalue weighted by molar-refractivity contribution is -0.139. The molecular formula is C23H28N4O4. The van der Waals surface area contributed by atoms with Crippen molar-refractivity contribution in [3.63, 3.8) is 0 Å². The number of aromatic nitrogens is 1. The molecule has 164 valence electrons. The summed E-state index contributed by atoms with van der Waals surface area (Å²) in [6, 6.07) is 10.6. The van der Waals surface area contributed by atoms with Gasteiger partial charge in [0.1, 0.15) is 6.61 Å². The number of benzene rings is 1. The molecule has 1 aliphatic rings. The zero-order chi connectivity index (χ0) is 22.2. The lowest BCUT2D eigenvalue weighted by Crippen LogP contribution is -2.52. The third-order valence-corrected chi connectivity index (χ3v) is 5.22. The quantitative estimate of drug-likeness (QED) is 0.737. The van der Waals surface area contributed by atoms with Crippen molar-refractivity contribution in [2.24, 2.45) is 0 Å². The number of carbonyl (C=O) groups is 3. The van der Waals surface area contributed by atoms with Gasteiger partial charge < -0.3 is 19.9 Å². The normalized spacial score (nSPS) is 15.9. The van der Waals surface area contributed by atoms with Gasteiger partial charge in [-0.15, -0.1) is 0 Å². The summed E-state index contributed by atoms with van der Waals surface area (Å²) >= 11 is 0. The molecule has 1 N–H and O–H groups in total. The standard InChI is InChI=1S/C23H28N4O4/c1-17(28)25-20-8-3-7-19(12-20)23(30)26-11-5-9-21(15-26)27(22(29)16-31-2)14-18-6-4-10-24-13-18/h3-4,6-8,10,12-13,21H,5,9,11,14-16H2,1-2H3,(H,25,28). The highest BCUT2D eigenvalue weighted by molar-refractivity contribution is 5.97. The fraction of sp³-hybridized carbons (Fsp3) is 0.391. The fourth-order valence-electron chi connectivity index (χ4n) is 3.83. The minimum atomic E-state index is -0.190. The van der Waals surface area contributed by atoms with Crippen LogP contribution < -0.4 is 5.32 Å². The number of amides is 3. The Morgan fingerprint density at radius 3 is 2.81 bits per heavy atom. The molecule has 0 radical (unpaired) electrons. The second-order valence-electron chi connectivity index (χ2n) is 7.63. The van der Waals surface area contributed by atoms with Crippen LogP contribution >= 0.6 is 0 Å². The molecule has 0 aliphatic carbocycles. The average molecular weight is 425 g/mol. The maximum atomic E-state index is 13.1. The molecule has 1 atom stereocenters. The molecule has 1 unspecified atom stereocenters. The van der Waals surface area contributed by atoms with E-state index in [1.54, 1.807) is 46.5 Å². The highest BCUT2D eigenvalue weighted by Crippen LogP contribution is 2.21. The van der Waals surface area contributed by atoms with Crippen LogP contribution in [0, 0.1) is 0 Å². The number of carbonyl (C=O) groups excluding carboxylic acids is 3. The first kappa shape index (κ1) is 22.4. The molecule has 2 aromatic rings. The van der Waals surface area contributed by atoms with Gasteiger partial charge in [-0.05, 0) is 42.7 Å². The molecule has 0 saturated carbocycles. The van der Waals surface area contributed by atoms with Crippen LogP contribution in [0.15, 0.2) is 48.8 Å². The summed E-state index contributed by atoms with van der Waals surface area (Å²) in [5, 5.41) is 2.70. The van der Waals surface area contributed by atoms with Gasteiger partial charge in [0.2, 0.25) is 11.8 Å². The van der Waals surface area contributed by atoms with Gasteiger partial charge in [-0.2, -0.15) is 0 Å². The molecule has 1 aromatic carbocycles.